The highest BCUT2D eigenvalue weighted by Gasteiger charge is 2.12. The maximum atomic E-state index is 12.1. The number of amides is 1. The number of rotatable bonds is 5. The van der Waals surface area contributed by atoms with Crippen LogP contribution in [0.3, 0.4) is 0 Å². The van der Waals surface area contributed by atoms with Gasteiger partial charge in [0.1, 0.15) is 5.75 Å². The number of aromatic nitrogens is 1. The summed E-state index contributed by atoms with van der Waals surface area (Å²) in [6.45, 7) is 2.19. The number of carbonyl (C=O) groups excluding carboxylic acids is 1. The van der Waals surface area contributed by atoms with Crippen molar-refractivity contribution in [2.75, 3.05) is 17.7 Å². The molecule has 2 rings (SSSR count). The minimum Gasteiger partial charge on any atom is -0.494 e. The number of carbonyl (C=O) groups is 1. The summed E-state index contributed by atoms with van der Waals surface area (Å²) in [5.74, 6) is 0.191. The highest BCUT2D eigenvalue weighted by atomic mass is 16.5. The average molecular weight is 287 g/mol. The third-order valence-electron chi connectivity index (χ3n) is 2.84. The van der Waals surface area contributed by atoms with Crippen LogP contribution < -0.4 is 15.8 Å². The van der Waals surface area contributed by atoms with Gasteiger partial charge in [0, 0.05) is 17.4 Å². The topological polar surface area (TPSA) is 97.5 Å². The average Bonchev–Trinajstić information content (AvgIpc) is 2.49. The first kappa shape index (κ1) is 14.8. The molecular formula is C15H17N3O3. The summed E-state index contributed by atoms with van der Waals surface area (Å²) in [5.41, 5.74) is 7.32. The summed E-state index contributed by atoms with van der Waals surface area (Å²) in [5, 5.41) is 12.0. The number of aliphatic hydroxyl groups excluding tert-OH is 1. The van der Waals surface area contributed by atoms with Crippen molar-refractivity contribution in [2.45, 2.75) is 13.5 Å². The molecule has 1 aromatic carbocycles. The van der Waals surface area contributed by atoms with Crippen molar-refractivity contribution >= 4 is 17.3 Å². The fraction of sp³-hybridized carbons (Fsp3) is 0.200. The van der Waals surface area contributed by atoms with Crippen molar-refractivity contribution in [1.29, 1.82) is 0 Å². The minimum absolute atomic E-state index is 0.164. The molecule has 0 radical (unpaired) electrons. The van der Waals surface area contributed by atoms with Gasteiger partial charge >= 0.3 is 0 Å². The summed E-state index contributed by atoms with van der Waals surface area (Å²) >= 11 is 0. The minimum atomic E-state index is -0.402. The first-order valence-corrected chi connectivity index (χ1v) is 6.54. The van der Waals surface area contributed by atoms with Gasteiger partial charge in [0.05, 0.1) is 18.9 Å². The maximum Gasteiger partial charge on any atom is 0.276 e. The number of ether oxygens (including phenoxy) is 1. The molecule has 0 aliphatic heterocycles. The van der Waals surface area contributed by atoms with E-state index >= 15 is 0 Å². The fourth-order valence-corrected chi connectivity index (χ4v) is 1.87. The van der Waals surface area contributed by atoms with Crippen molar-refractivity contribution in [2.24, 2.45) is 0 Å². The van der Waals surface area contributed by atoms with E-state index in [-0.39, 0.29) is 12.3 Å². The Bertz CT molecular complexity index is 644. The Morgan fingerprint density at radius 3 is 2.90 bits per heavy atom. The lowest BCUT2D eigenvalue weighted by atomic mass is 10.2. The normalized spacial score (nSPS) is 10.2. The molecule has 1 aromatic heterocycles. The smallest absolute Gasteiger partial charge is 0.276 e. The van der Waals surface area contributed by atoms with E-state index in [2.05, 4.69) is 10.3 Å². The lowest BCUT2D eigenvalue weighted by molar-refractivity contribution is 0.102. The number of nitrogens with one attached hydrogen (secondary N) is 1. The molecule has 21 heavy (non-hydrogen) atoms. The molecule has 110 valence electrons. The first-order chi connectivity index (χ1) is 10.2. The van der Waals surface area contributed by atoms with Crippen LogP contribution in [0.2, 0.25) is 0 Å². The highest BCUT2D eigenvalue weighted by molar-refractivity contribution is 6.06. The molecule has 0 atom stereocenters. The van der Waals surface area contributed by atoms with Gasteiger partial charge in [-0.25, -0.2) is 4.98 Å². The Morgan fingerprint density at radius 1 is 1.43 bits per heavy atom. The number of benzene rings is 1. The van der Waals surface area contributed by atoms with Gasteiger partial charge in [-0.1, -0.05) is 0 Å². The zero-order valence-corrected chi connectivity index (χ0v) is 11.7. The largest absolute Gasteiger partial charge is 0.494 e. The van der Waals surface area contributed by atoms with Crippen LogP contribution in [0.15, 0.2) is 36.5 Å². The monoisotopic (exact) mass is 287 g/mol. The van der Waals surface area contributed by atoms with Crippen LogP contribution in [0.5, 0.6) is 5.75 Å². The number of aliphatic hydroxyl groups is 1. The van der Waals surface area contributed by atoms with E-state index in [0.717, 1.165) is 0 Å². The number of nitrogen functional groups attached to an aromatic ring is 1. The quantitative estimate of drug-likeness (QED) is 0.779. The predicted molar refractivity (Wildman–Crippen MR) is 80.1 cm³/mol. The first-order valence-electron chi connectivity index (χ1n) is 6.54. The molecule has 0 aliphatic carbocycles. The molecule has 4 N–H and O–H groups in total. The van der Waals surface area contributed by atoms with Crippen molar-refractivity contribution in [3.8, 4) is 5.75 Å². The molecule has 0 fully saturated rings. The lowest BCUT2D eigenvalue weighted by Crippen LogP contribution is -2.16. The summed E-state index contributed by atoms with van der Waals surface area (Å²) in [6.07, 6.45) is 1.50. The standard InChI is InChI=1S/C15H17N3O3/c1-2-21-13-6-5-11(8-10(13)9-19)18-15(20)14-12(16)4-3-7-17-14/h3-8,19H,2,9,16H2,1H3,(H,18,20). The van der Waals surface area contributed by atoms with Crippen molar-refractivity contribution < 1.29 is 14.6 Å². The molecule has 0 unspecified atom stereocenters. The third-order valence-corrected chi connectivity index (χ3v) is 2.84. The van der Waals surface area contributed by atoms with Crippen molar-refractivity contribution in [3.05, 3.63) is 47.8 Å². The van der Waals surface area contributed by atoms with Crippen molar-refractivity contribution in [1.82, 2.24) is 4.98 Å². The Morgan fingerprint density at radius 2 is 2.24 bits per heavy atom. The number of hydrogen-bond acceptors (Lipinski definition) is 5. The Balaban J connectivity index is 2.20. The molecule has 0 saturated carbocycles. The molecule has 0 aliphatic rings. The second kappa shape index (κ2) is 6.71. The molecule has 0 saturated heterocycles. The number of hydrogen-bond donors (Lipinski definition) is 3. The molecule has 2 aromatic rings. The molecular weight excluding hydrogens is 270 g/mol. The SMILES string of the molecule is CCOc1ccc(NC(=O)c2ncccc2N)cc1CO. The fourth-order valence-electron chi connectivity index (χ4n) is 1.87. The van der Waals surface area contributed by atoms with Crippen LogP contribution in [0, 0.1) is 0 Å². The van der Waals surface area contributed by atoms with Gasteiger partial charge in [-0.15, -0.1) is 0 Å². The van der Waals surface area contributed by atoms with Crippen LogP contribution in [0.1, 0.15) is 23.0 Å². The van der Waals surface area contributed by atoms with Crippen LogP contribution in [-0.4, -0.2) is 22.6 Å². The Kier molecular flexibility index (Phi) is 4.73. The summed E-state index contributed by atoms with van der Waals surface area (Å²) in [6, 6.07) is 8.32. The Hall–Kier alpha value is -2.60. The van der Waals surface area contributed by atoms with E-state index in [1.54, 1.807) is 30.3 Å². The molecule has 1 heterocycles. The van der Waals surface area contributed by atoms with E-state index in [1.807, 2.05) is 6.92 Å². The van der Waals surface area contributed by atoms with Crippen molar-refractivity contribution in [3.63, 3.8) is 0 Å². The number of anilines is 2. The van der Waals surface area contributed by atoms with E-state index in [1.165, 1.54) is 6.20 Å². The predicted octanol–water partition coefficient (Wildman–Crippen LogP) is 1.81. The molecule has 1 amide bonds. The molecule has 0 spiro atoms. The van der Waals surface area contributed by atoms with Crippen LogP contribution >= 0.6 is 0 Å². The van der Waals surface area contributed by atoms with Gasteiger partial charge in [-0.05, 0) is 37.3 Å². The van der Waals surface area contributed by atoms with E-state index in [9.17, 15) is 9.90 Å². The van der Waals surface area contributed by atoms with Crippen LogP contribution in [-0.2, 0) is 6.61 Å². The Labute approximate surface area is 122 Å². The van der Waals surface area contributed by atoms with Gasteiger partial charge < -0.3 is 20.9 Å². The summed E-state index contributed by atoms with van der Waals surface area (Å²) in [7, 11) is 0. The maximum absolute atomic E-state index is 12.1. The second-order valence-electron chi connectivity index (χ2n) is 4.31. The van der Waals surface area contributed by atoms with E-state index < -0.39 is 5.91 Å². The van der Waals surface area contributed by atoms with Gasteiger partial charge in [-0.2, -0.15) is 0 Å². The molecule has 6 nitrogen and oxygen atoms in total. The zero-order valence-electron chi connectivity index (χ0n) is 11.7. The summed E-state index contributed by atoms with van der Waals surface area (Å²) < 4.78 is 5.39. The molecule has 6 heteroatoms. The summed E-state index contributed by atoms with van der Waals surface area (Å²) in [4.78, 5) is 16.1. The number of pyridine rings is 1. The van der Waals surface area contributed by atoms with Gasteiger partial charge in [0.2, 0.25) is 0 Å². The third kappa shape index (κ3) is 3.49. The van der Waals surface area contributed by atoms with Gasteiger partial charge in [0.15, 0.2) is 5.69 Å². The van der Waals surface area contributed by atoms with Crippen LogP contribution in [0.25, 0.3) is 0 Å². The van der Waals surface area contributed by atoms with Crippen LogP contribution in [0.4, 0.5) is 11.4 Å². The zero-order chi connectivity index (χ0) is 15.2. The van der Waals surface area contributed by atoms with E-state index in [0.29, 0.717) is 29.3 Å². The van der Waals surface area contributed by atoms with E-state index in [4.69, 9.17) is 10.5 Å². The van der Waals surface area contributed by atoms with Gasteiger partial charge in [-0.3, -0.25) is 4.79 Å². The number of nitrogens with two attached hydrogens (primary N) is 1. The lowest BCUT2D eigenvalue weighted by Gasteiger charge is -2.11. The molecule has 0 bridgehead atoms. The van der Waals surface area contributed by atoms with Gasteiger partial charge in [0.25, 0.3) is 5.91 Å². The number of nitrogens with zero attached hydrogens (tertiary/aromatic N) is 1. The second-order valence-corrected chi connectivity index (χ2v) is 4.31. The highest BCUT2D eigenvalue weighted by Crippen LogP contribution is 2.23.